The Morgan fingerprint density at radius 2 is 1.71 bits per heavy atom. The van der Waals surface area contributed by atoms with E-state index in [-0.39, 0.29) is 17.9 Å². The van der Waals surface area contributed by atoms with E-state index in [2.05, 4.69) is 83.1 Å². The monoisotopic (exact) mass is 472 g/mol. The van der Waals surface area contributed by atoms with E-state index in [1.165, 1.54) is 27.6 Å². The summed E-state index contributed by atoms with van der Waals surface area (Å²) < 4.78 is 0. The third-order valence-corrected chi connectivity index (χ3v) is 6.86. The van der Waals surface area contributed by atoms with E-state index in [9.17, 15) is 9.59 Å². The molecule has 0 saturated heterocycles. The van der Waals surface area contributed by atoms with Crippen LogP contribution in [0.25, 0.3) is 10.8 Å². The molecule has 0 saturated carbocycles. The zero-order chi connectivity index (χ0) is 24.8. The van der Waals surface area contributed by atoms with Crippen molar-refractivity contribution in [1.82, 2.24) is 10.6 Å². The van der Waals surface area contributed by atoms with Crippen LogP contribution in [0.1, 0.15) is 36.8 Å². The fourth-order valence-electron chi connectivity index (χ4n) is 4.99. The quantitative estimate of drug-likeness (QED) is 0.433. The first-order valence-electron chi connectivity index (χ1n) is 12.5. The maximum absolute atomic E-state index is 13.3. The zero-order valence-electron chi connectivity index (χ0n) is 21.0. The van der Waals surface area contributed by atoms with Crippen LogP contribution in [0.5, 0.6) is 0 Å². The molecule has 3 aromatic carbocycles. The number of carbonyl (C=O) groups excluding carboxylic acids is 2. The molecule has 6 nitrogen and oxygen atoms in total. The second-order valence-electron chi connectivity index (χ2n) is 9.44. The van der Waals surface area contributed by atoms with Crippen molar-refractivity contribution in [1.29, 1.82) is 0 Å². The average Bonchev–Trinajstić information content (AvgIpc) is 3.24. The molecule has 6 heteroatoms. The SMILES string of the molecule is CNC(=O)CCCCCNC(=O)C1Cc2ccccc2N1Cc1cccc2c(N(C)C)cccc12. The number of benzene rings is 3. The molecule has 0 spiro atoms. The molecule has 0 fully saturated rings. The molecule has 2 amide bonds. The fraction of sp³-hybridized carbons (Fsp3) is 0.379. The highest BCUT2D eigenvalue weighted by Gasteiger charge is 2.34. The van der Waals surface area contributed by atoms with Crippen molar-refractivity contribution in [2.24, 2.45) is 0 Å². The van der Waals surface area contributed by atoms with E-state index in [1.807, 2.05) is 12.1 Å². The van der Waals surface area contributed by atoms with Gasteiger partial charge < -0.3 is 20.4 Å². The van der Waals surface area contributed by atoms with Crippen molar-refractivity contribution in [2.75, 3.05) is 37.5 Å². The number of nitrogens with one attached hydrogen (secondary N) is 2. The second-order valence-corrected chi connectivity index (χ2v) is 9.44. The first-order valence-corrected chi connectivity index (χ1v) is 12.5. The Morgan fingerprint density at radius 1 is 0.943 bits per heavy atom. The Bertz CT molecular complexity index is 1190. The van der Waals surface area contributed by atoms with Crippen LogP contribution in [-0.2, 0) is 22.6 Å². The number of hydrogen-bond donors (Lipinski definition) is 2. The van der Waals surface area contributed by atoms with E-state index < -0.39 is 0 Å². The molecule has 1 unspecified atom stereocenters. The van der Waals surface area contributed by atoms with Crippen LogP contribution in [0.4, 0.5) is 11.4 Å². The topological polar surface area (TPSA) is 64.7 Å². The van der Waals surface area contributed by atoms with E-state index in [0.29, 0.717) is 25.9 Å². The van der Waals surface area contributed by atoms with Crippen molar-refractivity contribution >= 4 is 34.0 Å². The molecule has 35 heavy (non-hydrogen) atoms. The largest absolute Gasteiger partial charge is 0.377 e. The average molecular weight is 473 g/mol. The first kappa shape index (κ1) is 24.6. The Kier molecular flexibility index (Phi) is 7.91. The van der Waals surface area contributed by atoms with Crippen LogP contribution < -0.4 is 20.4 Å². The number of anilines is 2. The van der Waals surface area contributed by atoms with E-state index in [0.717, 1.165) is 24.9 Å². The van der Waals surface area contributed by atoms with E-state index in [1.54, 1.807) is 7.05 Å². The highest BCUT2D eigenvalue weighted by Crippen LogP contribution is 2.35. The number of rotatable bonds is 10. The van der Waals surface area contributed by atoms with Crippen molar-refractivity contribution in [2.45, 2.75) is 44.7 Å². The van der Waals surface area contributed by atoms with Crippen molar-refractivity contribution in [3.05, 3.63) is 71.8 Å². The molecule has 4 rings (SSSR count). The second kappa shape index (κ2) is 11.3. The maximum Gasteiger partial charge on any atom is 0.243 e. The third kappa shape index (κ3) is 5.59. The molecule has 0 aliphatic carbocycles. The predicted molar refractivity (Wildman–Crippen MR) is 144 cm³/mol. The maximum atomic E-state index is 13.3. The molecule has 1 aliphatic heterocycles. The summed E-state index contributed by atoms with van der Waals surface area (Å²) in [6.45, 7) is 1.31. The van der Waals surface area contributed by atoms with Crippen molar-refractivity contribution in [3.8, 4) is 0 Å². The summed E-state index contributed by atoms with van der Waals surface area (Å²) in [7, 11) is 5.79. The molecule has 0 bridgehead atoms. The number of fused-ring (bicyclic) bond motifs is 2. The number of nitrogens with zero attached hydrogens (tertiary/aromatic N) is 2. The van der Waals surface area contributed by atoms with Gasteiger partial charge in [0.1, 0.15) is 6.04 Å². The number of amides is 2. The van der Waals surface area contributed by atoms with Gasteiger partial charge in [-0.2, -0.15) is 0 Å². The minimum Gasteiger partial charge on any atom is -0.377 e. The van der Waals surface area contributed by atoms with Gasteiger partial charge in [-0.1, -0.05) is 55.0 Å². The minimum atomic E-state index is -0.231. The van der Waals surface area contributed by atoms with Crippen LogP contribution in [0.15, 0.2) is 60.7 Å². The number of hydrogen-bond acceptors (Lipinski definition) is 4. The van der Waals surface area contributed by atoms with Crippen LogP contribution in [0.2, 0.25) is 0 Å². The van der Waals surface area contributed by atoms with Crippen molar-refractivity contribution < 1.29 is 9.59 Å². The molecule has 3 aromatic rings. The highest BCUT2D eigenvalue weighted by molar-refractivity contribution is 5.96. The Balaban J connectivity index is 1.49. The van der Waals surface area contributed by atoms with Gasteiger partial charge in [-0.3, -0.25) is 9.59 Å². The summed E-state index contributed by atoms with van der Waals surface area (Å²) in [5.41, 5.74) is 4.76. The van der Waals surface area contributed by atoms with Gasteiger partial charge >= 0.3 is 0 Å². The lowest BCUT2D eigenvalue weighted by molar-refractivity contribution is -0.122. The summed E-state index contributed by atoms with van der Waals surface area (Å²) >= 11 is 0. The molecular formula is C29H36N4O2. The van der Waals surface area contributed by atoms with Crippen LogP contribution in [0.3, 0.4) is 0 Å². The van der Waals surface area contributed by atoms with Crippen LogP contribution in [-0.4, -0.2) is 45.5 Å². The van der Waals surface area contributed by atoms with Gasteiger partial charge in [0.25, 0.3) is 0 Å². The number of carbonyl (C=O) groups is 2. The number of unbranched alkanes of at least 4 members (excludes halogenated alkanes) is 2. The van der Waals surface area contributed by atoms with Crippen LogP contribution >= 0.6 is 0 Å². The molecule has 184 valence electrons. The Morgan fingerprint density at radius 3 is 2.51 bits per heavy atom. The van der Waals surface area contributed by atoms with Gasteiger partial charge in [0.05, 0.1) is 0 Å². The molecule has 2 N–H and O–H groups in total. The first-order chi connectivity index (χ1) is 17.0. The minimum absolute atomic E-state index is 0.0690. The van der Waals surface area contributed by atoms with Gasteiger partial charge in [0.15, 0.2) is 0 Å². The molecule has 1 atom stereocenters. The van der Waals surface area contributed by atoms with Crippen LogP contribution in [0, 0.1) is 0 Å². The fourth-order valence-corrected chi connectivity index (χ4v) is 4.99. The molecule has 1 aliphatic rings. The van der Waals surface area contributed by atoms with E-state index >= 15 is 0 Å². The third-order valence-electron chi connectivity index (χ3n) is 6.86. The number of para-hydroxylation sites is 1. The standard InChI is InChI=1S/C29H36N4O2/c1-30-28(34)17-5-4-8-18-31-29(35)27-19-21-11-6-7-15-25(21)33(27)20-22-12-9-14-24-23(22)13-10-16-26(24)32(2)3/h6-7,9-16,27H,4-5,8,17-20H2,1-3H3,(H,30,34)(H,31,35). The lowest BCUT2D eigenvalue weighted by Gasteiger charge is -2.28. The van der Waals surface area contributed by atoms with Gasteiger partial charge in [0.2, 0.25) is 11.8 Å². The van der Waals surface area contributed by atoms with Gasteiger partial charge in [-0.05, 0) is 41.5 Å². The predicted octanol–water partition coefficient (Wildman–Crippen LogP) is 4.26. The summed E-state index contributed by atoms with van der Waals surface area (Å²) in [6, 6.07) is 21.0. The summed E-state index contributed by atoms with van der Waals surface area (Å²) in [5.74, 6) is 0.140. The molecule has 0 aromatic heterocycles. The Hall–Kier alpha value is -3.54. The Labute approximate surface area is 208 Å². The molecule has 0 radical (unpaired) electrons. The van der Waals surface area contributed by atoms with Gasteiger partial charge in [-0.15, -0.1) is 0 Å². The summed E-state index contributed by atoms with van der Waals surface area (Å²) in [6.07, 6.45) is 3.89. The normalized spacial score (nSPS) is 14.6. The van der Waals surface area contributed by atoms with Crippen molar-refractivity contribution in [3.63, 3.8) is 0 Å². The lowest BCUT2D eigenvalue weighted by atomic mass is 10.0. The molecular weight excluding hydrogens is 436 g/mol. The van der Waals surface area contributed by atoms with E-state index in [4.69, 9.17) is 0 Å². The molecule has 1 heterocycles. The zero-order valence-corrected chi connectivity index (χ0v) is 21.0. The lowest BCUT2D eigenvalue weighted by Crippen LogP contribution is -2.45. The smallest absolute Gasteiger partial charge is 0.243 e. The highest BCUT2D eigenvalue weighted by atomic mass is 16.2. The van der Waals surface area contributed by atoms with Gasteiger partial charge in [0, 0.05) is 63.8 Å². The summed E-state index contributed by atoms with van der Waals surface area (Å²) in [5, 5.41) is 8.24. The van der Waals surface area contributed by atoms with Gasteiger partial charge in [-0.25, -0.2) is 0 Å². The summed E-state index contributed by atoms with van der Waals surface area (Å²) in [4.78, 5) is 29.0.